The van der Waals surface area contributed by atoms with E-state index >= 15 is 0 Å². The topological polar surface area (TPSA) is 61.2 Å². The second-order valence-corrected chi connectivity index (χ2v) is 7.12. The van der Waals surface area contributed by atoms with Crippen LogP contribution < -0.4 is 0 Å². The highest BCUT2D eigenvalue weighted by Crippen LogP contribution is 2.42. The lowest BCUT2D eigenvalue weighted by atomic mass is 10.0. The van der Waals surface area contributed by atoms with Crippen molar-refractivity contribution in [1.82, 2.24) is 4.90 Å². The third kappa shape index (κ3) is 2.85. The van der Waals surface area contributed by atoms with Crippen molar-refractivity contribution in [2.24, 2.45) is 0 Å². The van der Waals surface area contributed by atoms with E-state index in [1.807, 2.05) is 0 Å². The molecule has 0 amide bonds. The number of carbonyl (C=O) groups excluding carboxylic acids is 2. The molecule has 2 aliphatic rings. The molecule has 1 aromatic rings. The van der Waals surface area contributed by atoms with E-state index in [9.17, 15) is 14.9 Å². The molecule has 0 spiro atoms. The summed E-state index contributed by atoms with van der Waals surface area (Å²) in [5.41, 5.74) is 0.549. The van der Waals surface area contributed by atoms with Gasteiger partial charge in [-0.2, -0.15) is 5.26 Å². The Bertz CT molecular complexity index is 766. The molecule has 4 nitrogen and oxygen atoms in total. The number of carbonyl (C=O) groups is 2. The third-order valence-corrected chi connectivity index (χ3v) is 5.12. The minimum absolute atomic E-state index is 0.0974. The molecule has 0 N–H and O–H groups in total. The van der Waals surface area contributed by atoms with Gasteiger partial charge in [0.25, 0.3) is 0 Å². The van der Waals surface area contributed by atoms with Gasteiger partial charge in [0.1, 0.15) is 0 Å². The van der Waals surface area contributed by atoms with Crippen molar-refractivity contribution in [3.05, 3.63) is 58.7 Å². The van der Waals surface area contributed by atoms with Crippen molar-refractivity contribution in [2.75, 3.05) is 0 Å². The minimum atomic E-state index is -1.14. The average Bonchev–Trinajstić information content (AvgIpc) is 2.76. The maximum absolute atomic E-state index is 12.2. The molecule has 3 rings (SSSR count). The Labute approximate surface area is 147 Å². The summed E-state index contributed by atoms with van der Waals surface area (Å²) < 4.78 is 0.892. The summed E-state index contributed by atoms with van der Waals surface area (Å²) in [7, 11) is 0. The van der Waals surface area contributed by atoms with Crippen molar-refractivity contribution in [3.8, 4) is 6.07 Å². The zero-order chi connectivity index (χ0) is 16.6. The summed E-state index contributed by atoms with van der Waals surface area (Å²) in [6, 6.07) is 8.19. The molecular weight excluding hydrogens is 380 g/mol. The van der Waals surface area contributed by atoms with Gasteiger partial charge in [-0.25, -0.2) is 0 Å². The fourth-order valence-corrected chi connectivity index (χ4v) is 3.50. The summed E-state index contributed by atoms with van der Waals surface area (Å²) in [6.45, 7) is 0. The molecule has 0 aromatic heterocycles. The number of allylic oxidation sites excluding steroid dienone is 1. The number of rotatable bonds is 3. The van der Waals surface area contributed by atoms with E-state index in [4.69, 9.17) is 11.6 Å². The van der Waals surface area contributed by atoms with Gasteiger partial charge in [0.15, 0.2) is 16.4 Å². The third-order valence-electron chi connectivity index (χ3n) is 4.12. The molecule has 23 heavy (non-hydrogen) atoms. The Morgan fingerprint density at radius 3 is 2.78 bits per heavy atom. The summed E-state index contributed by atoms with van der Waals surface area (Å²) in [4.78, 5) is 24.8. The first-order valence-corrected chi connectivity index (χ1v) is 8.19. The van der Waals surface area contributed by atoms with Crippen LogP contribution in [0.1, 0.15) is 16.8 Å². The molecule has 3 atom stereocenters. The van der Waals surface area contributed by atoms with Crippen LogP contribution in [0, 0.1) is 11.3 Å². The van der Waals surface area contributed by atoms with Gasteiger partial charge < -0.3 is 4.90 Å². The van der Waals surface area contributed by atoms with Crippen molar-refractivity contribution < 1.29 is 9.59 Å². The van der Waals surface area contributed by atoms with Gasteiger partial charge in [-0.15, -0.1) is 0 Å². The van der Waals surface area contributed by atoms with Gasteiger partial charge in [-0.05, 0) is 30.3 Å². The minimum Gasteiger partial charge on any atom is -0.358 e. The Morgan fingerprint density at radius 2 is 2.13 bits per heavy atom. The monoisotopic (exact) mass is 390 g/mol. The lowest BCUT2D eigenvalue weighted by Gasteiger charge is -2.30. The fraction of sp³-hybridized carbons (Fsp3) is 0.235. The molecule has 0 aliphatic carbocycles. The smallest absolute Gasteiger partial charge is 0.187 e. The molecule has 2 heterocycles. The van der Waals surface area contributed by atoms with Gasteiger partial charge in [0, 0.05) is 28.7 Å². The predicted octanol–water partition coefficient (Wildman–Crippen LogP) is 3.23. The first kappa shape index (κ1) is 16.0. The quantitative estimate of drug-likeness (QED) is 0.451. The second kappa shape index (κ2) is 5.95. The Morgan fingerprint density at radius 1 is 1.43 bits per heavy atom. The molecule has 0 saturated carbocycles. The van der Waals surface area contributed by atoms with Crippen LogP contribution in [0.15, 0.2) is 53.2 Å². The van der Waals surface area contributed by atoms with E-state index < -0.39 is 17.0 Å². The van der Waals surface area contributed by atoms with Gasteiger partial charge in [0.2, 0.25) is 0 Å². The lowest BCUT2D eigenvalue weighted by molar-refractivity contribution is -0.118. The highest BCUT2D eigenvalue weighted by atomic mass is 79.9. The first-order chi connectivity index (χ1) is 10.9. The van der Waals surface area contributed by atoms with Gasteiger partial charge in [0.05, 0.1) is 18.2 Å². The summed E-state index contributed by atoms with van der Waals surface area (Å²) in [5, 5.41) is 9.31. The molecule has 2 aliphatic heterocycles. The van der Waals surface area contributed by atoms with Crippen LogP contribution in [0.2, 0.25) is 0 Å². The zero-order valence-corrected chi connectivity index (χ0v) is 14.3. The normalized spacial score (nSPS) is 29.1. The molecule has 116 valence electrons. The number of ketones is 2. The van der Waals surface area contributed by atoms with Crippen LogP contribution in [0.4, 0.5) is 0 Å². The summed E-state index contributed by atoms with van der Waals surface area (Å²) >= 11 is 9.65. The Kier molecular flexibility index (Phi) is 4.13. The van der Waals surface area contributed by atoms with Gasteiger partial charge in [-0.3, -0.25) is 9.59 Å². The summed E-state index contributed by atoms with van der Waals surface area (Å²) in [6.07, 6.45) is 6.34. The maximum Gasteiger partial charge on any atom is 0.187 e. The highest BCUT2D eigenvalue weighted by Gasteiger charge is 2.53. The van der Waals surface area contributed by atoms with Crippen molar-refractivity contribution in [2.45, 2.75) is 23.4 Å². The number of hydrogen-bond donors (Lipinski definition) is 0. The number of benzene rings is 1. The van der Waals surface area contributed by atoms with E-state index in [1.165, 1.54) is 12.2 Å². The molecule has 1 fully saturated rings. The number of alkyl halides is 1. The molecule has 6 heteroatoms. The van der Waals surface area contributed by atoms with Crippen LogP contribution >= 0.6 is 27.5 Å². The highest BCUT2D eigenvalue weighted by molar-refractivity contribution is 9.10. The largest absolute Gasteiger partial charge is 0.358 e. The van der Waals surface area contributed by atoms with Crippen LogP contribution in [-0.4, -0.2) is 33.4 Å². The Hall–Kier alpha value is -1.90. The molecular formula is C17H12BrClN2O2. The van der Waals surface area contributed by atoms with Crippen LogP contribution in [0.3, 0.4) is 0 Å². The molecule has 2 bridgehead atoms. The van der Waals surface area contributed by atoms with E-state index in [0.29, 0.717) is 5.56 Å². The fourth-order valence-electron chi connectivity index (χ4n) is 2.91. The van der Waals surface area contributed by atoms with Crippen molar-refractivity contribution in [3.63, 3.8) is 0 Å². The molecule has 0 radical (unpaired) electrons. The maximum atomic E-state index is 12.2. The zero-order valence-electron chi connectivity index (χ0n) is 11.9. The van der Waals surface area contributed by atoms with Crippen LogP contribution in [0.5, 0.6) is 0 Å². The standard InChI is InChI=1S/C17H12BrClN2O2/c18-12-3-1-11(2-4-12)14(22)7-8-21-13-9-17(19,10-20)16(21)6-5-15(13)23/h1-8,13,16H,9H2/b8-7+. The lowest BCUT2D eigenvalue weighted by Crippen LogP contribution is -2.41. The van der Waals surface area contributed by atoms with Crippen LogP contribution in [-0.2, 0) is 4.79 Å². The van der Waals surface area contributed by atoms with Gasteiger partial charge >= 0.3 is 0 Å². The van der Waals surface area contributed by atoms with Crippen molar-refractivity contribution in [1.29, 1.82) is 5.26 Å². The van der Waals surface area contributed by atoms with E-state index in [1.54, 1.807) is 41.4 Å². The number of hydrogen-bond acceptors (Lipinski definition) is 4. The average molecular weight is 392 g/mol. The van der Waals surface area contributed by atoms with Crippen LogP contribution in [0.25, 0.3) is 0 Å². The molecule has 1 saturated heterocycles. The number of fused-ring (bicyclic) bond motifs is 2. The van der Waals surface area contributed by atoms with E-state index in [0.717, 1.165) is 4.47 Å². The van der Waals surface area contributed by atoms with Crippen molar-refractivity contribution >= 4 is 39.1 Å². The Balaban J connectivity index is 1.84. The first-order valence-electron chi connectivity index (χ1n) is 7.02. The number of nitrogens with zero attached hydrogens (tertiary/aromatic N) is 2. The number of halogens is 2. The molecule has 1 aromatic carbocycles. The van der Waals surface area contributed by atoms with E-state index in [-0.39, 0.29) is 18.0 Å². The van der Waals surface area contributed by atoms with Gasteiger partial charge in [-0.1, -0.05) is 33.6 Å². The SMILES string of the molecule is N#CC1(Cl)CC2C(=O)C=CC1N2/C=C/C(=O)c1ccc(Br)cc1. The predicted molar refractivity (Wildman–Crippen MR) is 90.0 cm³/mol. The summed E-state index contributed by atoms with van der Waals surface area (Å²) in [5.74, 6) is -0.268. The van der Waals surface area contributed by atoms with E-state index in [2.05, 4.69) is 22.0 Å². The molecule has 3 unspecified atom stereocenters. The number of nitriles is 1. The second-order valence-electron chi connectivity index (χ2n) is 5.53.